The molecule has 0 N–H and O–H groups in total. The Hall–Kier alpha value is -1.20. The van der Waals surface area contributed by atoms with Gasteiger partial charge in [0.2, 0.25) is 0 Å². The fraction of sp³-hybridized carbons (Fsp3) is 0. The van der Waals surface area contributed by atoms with Gasteiger partial charge in [-0.15, -0.1) is 0 Å². The number of hydrogen-bond acceptors (Lipinski definition) is 4. The molecule has 0 aliphatic carbocycles. The van der Waals surface area contributed by atoms with Crippen LogP contribution in [0, 0.1) is 25.0 Å². The molecule has 0 aliphatic rings. The lowest BCUT2D eigenvalue weighted by Gasteiger charge is -2.01. The maximum Gasteiger partial charge on any atom is 0.300 e. The quantitative estimate of drug-likeness (QED) is 0.359. The Morgan fingerprint density at radius 1 is 1.60 bits per heavy atom. The van der Waals surface area contributed by atoms with Gasteiger partial charge < -0.3 is 0 Å². The minimum absolute atomic E-state index is 0.176. The number of carbonyl (C=O) groups excluding carboxylic acids is 1. The summed E-state index contributed by atoms with van der Waals surface area (Å²) < 4.78 is 0.346. The average Bonchev–Trinajstić information content (AvgIpc) is 2.16. The van der Waals surface area contributed by atoms with Crippen LogP contribution in [0.5, 0.6) is 0 Å². The van der Waals surface area contributed by atoms with Crippen molar-refractivity contribution >= 4 is 45.1 Å². The van der Waals surface area contributed by atoms with Crippen molar-refractivity contribution in [3.8, 4) is 6.07 Å². The highest BCUT2D eigenvalue weighted by Gasteiger charge is 2.26. The average molecular weight is 336 g/mol. The van der Waals surface area contributed by atoms with Gasteiger partial charge in [-0.25, -0.2) is 0 Å². The number of nitriles is 1. The number of nitrogens with zero attached hydrogens (tertiary/aromatic N) is 2. The lowest BCUT2D eigenvalue weighted by Crippen LogP contribution is -2.03. The summed E-state index contributed by atoms with van der Waals surface area (Å²) in [6.07, 6.45) is 0. The van der Waals surface area contributed by atoms with Gasteiger partial charge in [0.15, 0.2) is 0 Å². The second kappa shape index (κ2) is 4.55. The summed E-state index contributed by atoms with van der Waals surface area (Å²) in [4.78, 5) is 20.9. The zero-order valence-corrected chi connectivity index (χ0v) is 9.94. The van der Waals surface area contributed by atoms with Crippen LogP contribution in [0.3, 0.4) is 0 Å². The Labute approximate surface area is 103 Å². The van der Waals surface area contributed by atoms with E-state index in [1.807, 2.05) is 0 Å². The van der Waals surface area contributed by atoms with Crippen molar-refractivity contribution in [1.82, 2.24) is 0 Å². The Bertz CT molecular complexity index is 495. The van der Waals surface area contributed by atoms with Crippen LogP contribution in [0.4, 0.5) is 5.69 Å². The van der Waals surface area contributed by atoms with Gasteiger partial charge in [-0.05, 0) is 46.3 Å². The molecule has 7 heteroatoms. The van der Waals surface area contributed by atoms with Gasteiger partial charge in [0.1, 0.15) is 17.2 Å². The van der Waals surface area contributed by atoms with Gasteiger partial charge in [-0.3, -0.25) is 14.9 Å². The summed E-state index contributed by atoms with van der Waals surface area (Å²) in [6, 6.07) is 4.36. The van der Waals surface area contributed by atoms with E-state index in [2.05, 4.69) is 0 Å². The molecular weight excluding hydrogens is 334 g/mol. The first-order valence-corrected chi connectivity index (χ1v) is 5.01. The topological polar surface area (TPSA) is 84.0 Å². The van der Waals surface area contributed by atoms with Crippen molar-refractivity contribution in [2.75, 3.05) is 0 Å². The van der Waals surface area contributed by atoms with Crippen molar-refractivity contribution < 1.29 is 9.72 Å². The van der Waals surface area contributed by atoms with E-state index in [0.717, 1.165) is 0 Å². The maximum absolute atomic E-state index is 11.0. The van der Waals surface area contributed by atoms with Gasteiger partial charge in [-0.2, -0.15) is 5.26 Å². The highest BCUT2D eigenvalue weighted by molar-refractivity contribution is 14.1. The van der Waals surface area contributed by atoms with Crippen LogP contribution in [0.1, 0.15) is 15.9 Å². The molecule has 0 fully saturated rings. The van der Waals surface area contributed by atoms with E-state index in [1.54, 1.807) is 28.7 Å². The molecule has 0 radical (unpaired) electrons. The lowest BCUT2D eigenvalue weighted by atomic mass is 10.1. The smallest absolute Gasteiger partial charge is 0.275 e. The van der Waals surface area contributed by atoms with Crippen LogP contribution in [-0.4, -0.2) is 10.2 Å². The second-order valence-corrected chi connectivity index (χ2v) is 3.97. The van der Waals surface area contributed by atoms with Gasteiger partial charge in [0, 0.05) is 3.57 Å². The number of halogens is 2. The molecule has 1 rings (SSSR count). The summed E-state index contributed by atoms with van der Waals surface area (Å²) in [5.74, 6) is 0. The van der Waals surface area contributed by atoms with Crippen LogP contribution in [0.25, 0.3) is 0 Å². The normalized spacial score (nSPS) is 9.40. The first-order chi connectivity index (χ1) is 6.99. The Morgan fingerprint density at radius 2 is 2.20 bits per heavy atom. The van der Waals surface area contributed by atoms with E-state index in [1.165, 1.54) is 12.1 Å². The Balaban J connectivity index is 3.68. The zero-order valence-electron chi connectivity index (χ0n) is 7.03. The van der Waals surface area contributed by atoms with Gasteiger partial charge in [-0.1, -0.05) is 0 Å². The number of benzene rings is 1. The van der Waals surface area contributed by atoms with Crippen LogP contribution >= 0.6 is 34.2 Å². The molecule has 0 saturated heterocycles. The zero-order chi connectivity index (χ0) is 11.6. The maximum atomic E-state index is 11.0. The number of nitro groups is 1. The molecule has 0 heterocycles. The summed E-state index contributed by atoms with van der Waals surface area (Å²) in [6.45, 7) is 0. The molecule has 0 bridgehead atoms. The van der Waals surface area contributed by atoms with Crippen molar-refractivity contribution in [3.05, 3.63) is 36.9 Å². The number of hydrogen-bond donors (Lipinski definition) is 0. The molecule has 0 atom stereocenters. The van der Waals surface area contributed by atoms with Gasteiger partial charge >= 0.3 is 0 Å². The molecule has 0 aromatic heterocycles. The number of carbonyl (C=O) groups is 1. The highest BCUT2D eigenvalue weighted by Crippen LogP contribution is 2.29. The SMILES string of the molecule is N#Cc1ccc(I)c(C(=O)Cl)c1[N+](=O)[O-]. The lowest BCUT2D eigenvalue weighted by molar-refractivity contribution is -0.385. The van der Waals surface area contributed by atoms with E-state index >= 15 is 0 Å². The van der Waals surface area contributed by atoms with Gasteiger partial charge in [0.05, 0.1) is 4.92 Å². The van der Waals surface area contributed by atoms with E-state index in [9.17, 15) is 14.9 Å². The minimum Gasteiger partial charge on any atom is -0.275 e. The van der Waals surface area contributed by atoms with Gasteiger partial charge in [0.25, 0.3) is 10.9 Å². The van der Waals surface area contributed by atoms with Crippen molar-refractivity contribution in [1.29, 1.82) is 5.26 Å². The predicted octanol–water partition coefficient (Wildman–Crippen LogP) is 2.45. The predicted molar refractivity (Wildman–Crippen MR) is 60.7 cm³/mol. The standard InChI is InChI=1S/C8H2ClIN2O3/c9-8(13)6-5(10)2-1-4(3-11)7(6)12(14)15/h1-2H. The largest absolute Gasteiger partial charge is 0.300 e. The monoisotopic (exact) mass is 336 g/mol. The molecular formula is C8H2ClIN2O3. The van der Waals surface area contributed by atoms with E-state index in [-0.39, 0.29) is 11.1 Å². The molecule has 76 valence electrons. The summed E-state index contributed by atoms with van der Waals surface area (Å²) >= 11 is 6.98. The highest BCUT2D eigenvalue weighted by atomic mass is 127. The van der Waals surface area contributed by atoms with Crippen molar-refractivity contribution in [2.45, 2.75) is 0 Å². The molecule has 1 aromatic rings. The molecule has 15 heavy (non-hydrogen) atoms. The fourth-order valence-corrected chi connectivity index (χ4v) is 2.06. The third-order valence-electron chi connectivity index (χ3n) is 1.63. The third-order valence-corrected chi connectivity index (χ3v) is 2.71. The first kappa shape index (κ1) is 11.9. The van der Waals surface area contributed by atoms with Crippen molar-refractivity contribution in [3.63, 3.8) is 0 Å². The van der Waals surface area contributed by atoms with Crippen molar-refractivity contribution in [2.24, 2.45) is 0 Å². The number of nitro benzene ring substituents is 1. The Morgan fingerprint density at radius 3 is 2.60 bits per heavy atom. The first-order valence-electron chi connectivity index (χ1n) is 3.56. The summed E-state index contributed by atoms with van der Waals surface area (Å²) in [5, 5.41) is 18.4. The fourth-order valence-electron chi connectivity index (χ4n) is 1.03. The minimum atomic E-state index is -0.941. The molecule has 1 aromatic carbocycles. The van der Waals surface area contributed by atoms with Crippen LogP contribution in [0.2, 0.25) is 0 Å². The molecule has 0 saturated carbocycles. The number of rotatable bonds is 2. The van der Waals surface area contributed by atoms with E-state index in [0.29, 0.717) is 3.57 Å². The molecule has 5 nitrogen and oxygen atoms in total. The van der Waals surface area contributed by atoms with Crippen LogP contribution in [-0.2, 0) is 0 Å². The van der Waals surface area contributed by atoms with Crippen LogP contribution < -0.4 is 0 Å². The molecule has 0 aliphatic heterocycles. The van der Waals surface area contributed by atoms with E-state index < -0.39 is 15.9 Å². The summed E-state index contributed by atoms with van der Waals surface area (Å²) in [5.41, 5.74) is -0.949. The molecule has 0 unspecified atom stereocenters. The third kappa shape index (κ3) is 2.24. The van der Waals surface area contributed by atoms with Crippen LogP contribution in [0.15, 0.2) is 12.1 Å². The molecule has 0 amide bonds. The summed E-state index contributed by atoms with van der Waals surface area (Å²) in [7, 11) is 0. The molecule has 0 spiro atoms. The Kier molecular flexibility index (Phi) is 3.60. The van der Waals surface area contributed by atoms with E-state index in [4.69, 9.17) is 16.9 Å². The second-order valence-electron chi connectivity index (χ2n) is 2.46.